The number of Topliss-reactive ketones (excluding diaryl/α,β-unsaturated/α-hetero) is 1. The number of likely N-dealkylation sites (tertiary alicyclic amines) is 1. The number of piperidine rings is 1. The Bertz CT molecular complexity index is 1870. The van der Waals surface area contributed by atoms with Crippen LogP contribution in [0.5, 0.6) is 0 Å². The Labute approximate surface area is 257 Å². The fourth-order valence-electron chi connectivity index (χ4n) is 6.41. The van der Waals surface area contributed by atoms with E-state index in [9.17, 15) is 27.6 Å². The lowest BCUT2D eigenvalue weighted by Gasteiger charge is -2.37. The fraction of sp³-hybridized carbons (Fsp3) is 0.406. The molecule has 3 aromatic heterocycles. The van der Waals surface area contributed by atoms with Crippen molar-refractivity contribution in [3.63, 3.8) is 0 Å². The molecule has 10 nitrogen and oxygen atoms in total. The molecule has 1 aliphatic heterocycles. The topological polar surface area (TPSA) is 123 Å². The largest absolute Gasteiger partial charge is 0.434 e. The van der Waals surface area contributed by atoms with Gasteiger partial charge < -0.3 is 14.8 Å². The number of nitrogens with one attached hydrogen (secondary N) is 1. The molecular weight excluding hydrogens is 587 g/mol. The molecule has 1 aliphatic carbocycles. The number of rotatable bonds is 6. The summed E-state index contributed by atoms with van der Waals surface area (Å²) in [5.41, 5.74) is 2.41. The van der Waals surface area contributed by atoms with Crippen LogP contribution in [0.15, 0.2) is 36.9 Å². The number of hydrogen-bond donors (Lipinski definition) is 1. The summed E-state index contributed by atoms with van der Waals surface area (Å²) in [5, 5.41) is 3.20. The van der Waals surface area contributed by atoms with Crippen LogP contribution in [0.25, 0.3) is 22.0 Å². The van der Waals surface area contributed by atoms with Crippen LogP contribution in [-0.2, 0) is 22.3 Å². The molecular formula is C32H32F3N7O3. The molecule has 1 saturated carbocycles. The molecule has 1 saturated heterocycles. The molecule has 0 spiro atoms. The average Bonchev–Trinajstić information content (AvgIpc) is 3.53. The van der Waals surface area contributed by atoms with Gasteiger partial charge in [-0.25, -0.2) is 15.0 Å². The highest BCUT2D eigenvalue weighted by molar-refractivity contribution is 6.09. The second kappa shape index (κ2) is 10.7. The van der Waals surface area contributed by atoms with Crippen molar-refractivity contribution >= 4 is 34.3 Å². The van der Waals surface area contributed by atoms with E-state index >= 15 is 0 Å². The number of ketones is 1. The lowest BCUT2D eigenvalue weighted by Crippen LogP contribution is -2.53. The Morgan fingerprint density at radius 3 is 2.42 bits per heavy atom. The summed E-state index contributed by atoms with van der Waals surface area (Å²) in [7, 11) is 0. The van der Waals surface area contributed by atoms with E-state index in [1.807, 2.05) is 19.1 Å². The second-order valence-electron chi connectivity index (χ2n) is 12.3. The third kappa shape index (κ3) is 5.55. The van der Waals surface area contributed by atoms with Crippen molar-refractivity contribution in [2.24, 2.45) is 5.41 Å². The summed E-state index contributed by atoms with van der Waals surface area (Å²) in [4.78, 5) is 57.8. The van der Waals surface area contributed by atoms with Crippen molar-refractivity contribution in [2.45, 2.75) is 78.7 Å². The van der Waals surface area contributed by atoms with Crippen LogP contribution in [0.1, 0.15) is 66.2 Å². The number of anilines is 1. The van der Waals surface area contributed by atoms with E-state index < -0.39 is 23.8 Å². The third-order valence-electron chi connectivity index (χ3n) is 9.00. The maximum atomic E-state index is 14.1. The zero-order chi connectivity index (χ0) is 32.4. The minimum atomic E-state index is -4.73. The summed E-state index contributed by atoms with van der Waals surface area (Å²) in [6, 6.07) is 2.75. The predicted octanol–water partition coefficient (Wildman–Crippen LogP) is 5.44. The van der Waals surface area contributed by atoms with E-state index in [1.54, 1.807) is 35.0 Å². The normalized spacial score (nSPS) is 21.0. The first kappa shape index (κ1) is 30.4. The molecule has 0 radical (unpaired) electrons. The monoisotopic (exact) mass is 619 g/mol. The van der Waals surface area contributed by atoms with Crippen molar-refractivity contribution in [3.05, 3.63) is 65.3 Å². The van der Waals surface area contributed by atoms with E-state index in [2.05, 4.69) is 32.2 Å². The highest BCUT2D eigenvalue weighted by Crippen LogP contribution is 2.57. The van der Waals surface area contributed by atoms with Crippen molar-refractivity contribution in [3.8, 4) is 11.1 Å². The number of benzene rings is 1. The van der Waals surface area contributed by atoms with Crippen molar-refractivity contribution in [1.29, 1.82) is 0 Å². The molecule has 3 atom stereocenters. The molecule has 2 fully saturated rings. The minimum absolute atomic E-state index is 0.129. The van der Waals surface area contributed by atoms with Gasteiger partial charge in [0, 0.05) is 41.1 Å². The van der Waals surface area contributed by atoms with Crippen LogP contribution in [0.2, 0.25) is 0 Å². The summed E-state index contributed by atoms with van der Waals surface area (Å²) in [6.07, 6.45) is 2.76. The van der Waals surface area contributed by atoms with E-state index in [1.165, 1.54) is 13.8 Å². The van der Waals surface area contributed by atoms with E-state index in [-0.39, 0.29) is 41.2 Å². The van der Waals surface area contributed by atoms with Gasteiger partial charge in [0.1, 0.15) is 18.4 Å². The quantitative estimate of drug-likeness (QED) is 0.285. The van der Waals surface area contributed by atoms with Gasteiger partial charge in [-0.05, 0) is 75.6 Å². The maximum Gasteiger partial charge on any atom is 0.434 e. The van der Waals surface area contributed by atoms with E-state index in [0.29, 0.717) is 35.8 Å². The number of hydrogen-bond acceptors (Lipinski definition) is 7. The lowest BCUT2D eigenvalue weighted by molar-refractivity contribution is -0.142. The number of halogens is 3. The molecule has 0 unspecified atom stereocenters. The molecule has 2 aliphatic rings. The van der Waals surface area contributed by atoms with Crippen LogP contribution < -0.4 is 5.32 Å². The van der Waals surface area contributed by atoms with Crippen molar-refractivity contribution < 1.29 is 27.6 Å². The van der Waals surface area contributed by atoms with Gasteiger partial charge in [-0.3, -0.25) is 19.4 Å². The standard InChI is InChI=1S/C32H32F3N7O3/c1-16-8-20(21-11-37-19(4)38-12-21)9-22-23(18(3)43)14-41(28(16)22)15-27(44)42-24(6-7-31(5)10-26(31)42)30(45)40-29-17(2)36-13-25(39-29)32(33,34)35/h8-9,11-14,24,26H,6-7,10,15H2,1-5H3,(H,39,40,45)/t24-,26+,31-/m0/s1. The number of amides is 2. The molecule has 13 heteroatoms. The molecule has 4 aromatic rings. The SMILES string of the molecule is CC(=O)c1cn(CC(=O)N2[C@H](C(=O)Nc3nc(C(F)(F)F)cnc3C)CC[C@@]3(C)C[C@@H]23)c2c(C)cc(-c3cnc(C)nc3)cc12. The van der Waals surface area contributed by atoms with Gasteiger partial charge >= 0.3 is 6.18 Å². The lowest BCUT2D eigenvalue weighted by atomic mass is 9.92. The summed E-state index contributed by atoms with van der Waals surface area (Å²) >= 11 is 0. The first-order valence-electron chi connectivity index (χ1n) is 14.6. The minimum Gasteiger partial charge on any atom is -0.337 e. The number of carbonyl (C=O) groups excluding carboxylic acids is 3. The Kier molecular flexibility index (Phi) is 7.24. The van der Waals surface area contributed by atoms with Crippen LogP contribution in [0.3, 0.4) is 0 Å². The molecule has 4 heterocycles. The fourth-order valence-corrected chi connectivity index (χ4v) is 6.41. The summed E-state index contributed by atoms with van der Waals surface area (Å²) < 4.78 is 41.6. The molecule has 0 bridgehead atoms. The molecule has 2 amide bonds. The van der Waals surface area contributed by atoms with Crippen molar-refractivity contribution in [1.82, 2.24) is 29.4 Å². The Morgan fingerprint density at radius 1 is 1.04 bits per heavy atom. The molecule has 1 aromatic carbocycles. The number of alkyl halides is 3. The molecule has 234 valence electrons. The van der Waals surface area contributed by atoms with Crippen LogP contribution in [-0.4, -0.2) is 59.1 Å². The van der Waals surface area contributed by atoms with Gasteiger partial charge in [0.25, 0.3) is 0 Å². The van der Waals surface area contributed by atoms with Gasteiger partial charge in [0.2, 0.25) is 11.8 Å². The number of aryl methyl sites for hydroxylation is 3. The third-order valence-corrected chi connectivity index (χ3v) is 9.00. The highest BCUT2D eigenvalue weighted by Gasteiger charge is 2.60. The van der Waals surface area contributed by atoms with Gasteiger partial charge in [-0.15, -0.1) is 0 Å². The van der Waals surface area contributed by atoms with Gasteiger partial charge in [0.05, 0.1) is 17.4 Å². The summed E-state index contributed by atoms with van der Waals surface area (Å²) in [6.45, 7) is 8.55. The number of carbonyl (C=O) groups is 3. The average molecular weight is 620 g/mol. The van der Waals surface area contributed by atoms with E-state index in [4.69, 9.17) is 0 Å². The number of fused-ring (bicyclic) bond motifs is 2. The van der Waals surface area contributed by atoms with Gasteiger partial charge in [-0.2, -0.15) is 13.2 Å². The Morgan fingerprint density at radius 2 is 1.76 bits per heavy atom. The highest BCUT2D eigenvalue weighted by atomic mass is 19.4. The maximum absolute atomic E-state index is 14.1. The van der Waals surface area contributed by atoms with Gasteiger partial charge in [0.15, 0.2) is 17.3 Å². The zero-order valence-electron chi connectivity index (χ0n) is 25.5. The number of aromatic nitrogens is 5. The first-order chi connectivity index (χ1) is 21.2. The van der Waals surface area contributed by atoms with Crippen LogP contribution in [0, 0.1) is 26.2 Å². The molecule has 1 N–H and O–H groups in total. The molecule has 6 rings (SSSR count). The Balaban J connectivity index is 1.32. The molecule has 45 heavy (non-hydrogen) atoms. The zero-order valence-corrected chi connectivity index (χ0v) is 25.5. The second-order valence-corrected chi connectivity index (χ2v) is 12.3. The number of nitrogens with zero attached hydrogens (tertiary/aromatic N) is 6. The smallest absolute Gasteiger partial charge is 0.337 e. The summed E-state index contributed by atoms with van der Waals surface area (Å²) in [5.74, 6) is -0.750. The predicted molar refractivity (Wildman–Crippen MR) is 159 cm³/mol. The van der Waals surface area contributed by atoms with Crippen molar-refractivity contribution in [2.75, 3.05) is 5.32 Å². The first-order valence-corrected chi connectivity index (χ1v) is 14.6. The van der Waals surface area contributed by atoms with Gasteiger partial charge in [-0.1, -0.05) is 6.92 Å². The van der Waals surface area contributed by atoms with E-state index in [0.717, 1.165) is 28.6 Å². The Hall–Kier alpha value is -4.68. The van der Waals surface area contributed by atoms with Crippen LogP contribution >= 0.6 is 0 Å². The van der Waals surface area contributed by atoms with Crippen LogP contribution in [0.4, 0.5) is 19.0 Å².